The number of hydrogen-bond donors (Lipinski definition) is 0. The van der Waals surface area contributed by atoms with Gasteiger partial charge >= 0.3 is 0 Å². The molecule has 3 heterocycles. The zero-order valence-electron chi connectivity index (χ0n) is 16.1. The van der Waals surface area contributed by atoms with E-state index in [9.17, 15) is 0 Å². The van der Waals surface area contributed by atoms with Crippen LogP contribution in [0.25, 0.3) is 31.1 Å². The summed E-state index contributed by atoms with van der Waals surface area (Å²) in [5.74, 6) is 0.948. The first-order valence-electron chi connectivity index (χ1n) is 9.59. The molecule has 1 aliphatic heterocycles. The Bertz CT molecular complexity index is 1380. The van der Waals surface area contributed by atoms with Gasteiger partial charge in [0.2, 0.25) is 5.88 Å². The average molecular weight is 385 g/mol. The van der Waals surface area contributed by atoms with Gasteiger partial charge in [0.05, 0.1) is 0 Å². The summed E-state index contributed by atoms with van der Waals surface area (Å²) in [7, 11) is 2.11. The van der Waals surface area contributed by atoms with E-state index in [1.54, 1.807) is 0 Å². The van der Waals surface area contributed by atoms with Crippen molar-refractivity contribution in [2.75, 3.05) is 16.8 Å². The lowest BCUT2D eigenvalue weighted by Crippen LogP contribution is -2.36. The Kier molecular flexibility index (Phi) is 3.16. The molecule has 28 heavy (non-hydrogen) atoms. The number of para-hydroxylation sites is 1. The third kappa shape index (κ3) is 1.98. The number of anilines is 3. The van der Waals surface area contributed by atoms with E-state index >= 15 is 0 Å². The van der Waals surface area contributed by atoms with Crippen LogP contribution in [0.3, 0.4) is 0 Å². The molecule has 3 nitrogen and oxygen atoms in total. The molecule has 0 N–H and O–H groups in total. The molecule has 138 valence electrons. The topological polar surface area (TPSA) is 19.6 Å². The van der Waals surface area contributed by atoms with Gasteiger partial charge in [-0.1, -0.05) is 30.3 Å². The fourth-order valence-corrected chi connectivity index (χ4v) is 5.65. The maximum absolute atomic E-state index is 6.21. The van der Waals surface area contributed by atoms with E-state index in [0.29, 0.717) is 0 Å². The van der Waals surface area contributed by atoms with Crippen molar-refractivity contribution in [2.45, 2.75) is 20.0 Å². The van der Waals surface area contributed by atoms with E-state index in [2.05, 4.69) is 79.2 Å². The highest BCUT2D eigenvalue weighted by Gasteiger charge is 2.37. The number of nitrogens with zero attached hydrogens (tertiary/aromatic N) is 2. The first kappa shape index (κ1) is 16.0. The predicted octanol–water partition coefficient (Wildman–Crippen LogP) is 7.04. The van der Waals surface area contributed by atoms with Crippen molar-refractivity contribution >= 4 is 59.7 Å². The van der Waals surface area contributed by atoms with Crippen molar-refractivity contribution in [1.82, 2.24) is 0 Å². The number of aryl methyl sites for hydroxylation is 1. The van der Waals surface area contributed by atoms with Crippen molar-refractivity contribution in [3.05, 3.63) is 66.2 Å². The van der Waals surface area contributed by atoms with Crippen LogP contribution in [-0.4, -0.2) is 13.2 Å². The summed E-state index contributed by atoms with van der Waals surface area (Å²) in [4.78, 5) is 4.66. The van der Waals surface area contributed by atoms with Gasteiger partial charge < -0.3 is 14.2 Å². The first-order valence-corrected chi connectivity index (χ1v) is 10.4. The van der Waals surface area contributed by atoms with E-state index < -0.39 is 0 Å². The number of rotatable bonds is 1. The van der Waals surface area contributed by atoms with Crippen LogP contribution in [0.5, 0.6) is 0 Å². The number of benzene rings is 3. The zero-order valence-corrected chi connectivity index (χ0v) is 16.9. The van der Waals surface area contributed by atoms with Gasteiger partial charge in [0.15, 0.2) is 0 Å². The van der Waals surface area contributed by atoms with Crippen LogP contribution in [-0.2, 0) is 0 Å². The predicted molar refractivity (Wildman–Crippen MR) is 120 cm³/mol. The van der Waals surface area contributed by atoms with Gasteiger partial charge in [-0.05, 0) is 49.7 Å². The second-order valence-corrected chi connectivity index (χ2v) is 8.68. The Morgan fingerprint density at radius 1 is 0.893 bits per heavy atom. The van der Waals surface area contributed by atoms with Gasteiger partial charge in [-0.3, -0.25) is 0 Å². The van der Waals surface area contributed by atoms with Crippen LogP contribution in [0.15, 0.2) is 65.1 Å². The highest BCUT2D eigenvalue weighted by atomic mass is 32.1. The molecule has 4 heteroatoms. The summed E-state index contributed by atoms with van der Waals surface area (Å²) in [6.45, 7) is 4.45. The molecule has 6 rings (SSSR count). The van der Waals surface area contributed by atoms with Gasteiger partial charge in [-0.15, -0.1) is 11.3 Å². The molecule has 0 fully saturated rings. The second-order valence-electron chi connectivity index (χ2n) is 7.60. The maximum atomic E-state index is 6.21. The van der Waals surface area contributed by atoms with Crippen LogP contribution in [0.1, 0.15) is 12.5 Å². The van der Waals surface area contributed by atoms with Crippen molar-refractivity contribution in [1.29, 1.82) is 0 Å². The second kappa shape index (κ2) is 5.52. The van der Waals surface area contributed by atoms with E-state index in [4.69, 9.17) is 4.42 Å². The monoisotopic (exact) mass is 384 g/mol. The van der Waals surface area contributed by atoms with E-state index in [-0.39, 0.29) is 6.17 Å². The Labute approximate surface area is 167 Å². The Morgan fingerprint density at radius 2 is 1.64 bits per heavy atom. The lowest BCUT2D eigenvalue weighted by molar-refractivity contribution is 0.589. The van der Waals surface area contributed by atoms with Gasteiger partial charge in [0.25, 0.3) is 0 Å². The number of hydrogen-bond acceptors (Lipinski definition) is 4. The zero-order chi connectivity index (χ0) is 19.0. The number of furan rings is 1. The number of thiophene rings is 1. The third-order valence-electron chi connectivity index (χ3n) is 6.00. The molecule has 0 radical (unpaired) electrons. The van der Waals surface area contributed by atoms with Gasteiger partial charge in [-0.25, -0.2) is 0 Å². The smallest absolute Gasteiger partial charge is 0.222 e. The van der Waals surface area contributed by atoms with E-state index in [1.165, 1.54) is 42.5 Å². The van der Waals surface area contributed by atoms with Crippen LogP contribution >= 0.6 is 11.3 Å². The summed E-state index contributed by atoms with van der Waals surface area (Å²) in [6, 6.07) is 21.7. The highest BCUT2D eigenvalue weighted by molar-refractivity contribution is 7.25. The Morgan fingerprint density at radius 3 is 2.50 bits per heavy atom. The molecular weight excluding hydrogens is 364 g/mol. The molecule has 0 bridgehead atoms. The summed E-state index contributed by atoms with van der Waals surface area (Å²) in [6.07, 6.45) is 0.194. The summed E-state index contributed by atoms with van der Waals surface area (Å²) in [5.41, 5.74) is 4.65. The van der Waals surface area contributed by atoms with Gasteiger partial charge in [-0.2, -0.15) is 0 Å². The Balaban J connectivity index is 1.65. The lowest BCUT2D eigenvalue weighted by Gasteiger charge is -2.29. The molecule has 0 aliphatic carbocycles. The number of fused-ring (bicyclic) bond motifs is 6. The fourth-order valence-electron chi connectivity index (χ4n) is 4.46. The van der Waals surface area contributed by atoms with Crippen molar-refractivity contribution < 1.29 is 4.42 Å². The highest BCUT2D eigenvalue weighted by Crippen LogP contribution is 2.51. The molecule has 0 saturated heterocycles. The minimum Gasteiger partial charge on any atom is -0.438 e. The Hall–Kier alpha value is -2.98. The minimum atomic E-state index is 0.194. The molecule has 0 amide bonds. The minimum absolute atomic E-state index is 0.194. The molecule has 0 unspecified atom stereocenters. The largest absolute Gasteiger partial charge is 0.438 e. The summed E-state index contributed by atoms with van der Waals surface area (Å²) in [5, 5.41) is 3.84. The first-order chi connectivity index (χ1) is 13.6. The van der Waals surface area contributed by atoms with Gasteiger partial charge in [0, 0.05) is 38.3 Å². The fraction of sp³-hybridized carbons (Fsp3) is 0.167. The summed E-state index contributed by atoms with van der Waals surface area (Å²) >= 11 is 1.87. The maximum Gasteiger partial charge on any atom is 0.222 e. The third-order valence-corrected chi connectivity index (χ3v) is 7.14. The standard InChI is InChI=1S/C24H20N2OS/c1-14-12-22-18(16-8-5-7-11-21(16)28-22)13-19(14)26-15(2)25(3)24-23(26)17-9-4-6-10-20(17)27-24/h4-13,15H,1-3H3/t15-/m0/s1. The molecular formula is C24H20N2OS. The molecule has 0 saturated carbocycles. The van der Waals surface area contributed by atoms with Crippen molar-refractivity contribution in [2.24, 2.45) is 0 Å². The lowest BCUT2D eigenvalue weighted by atomic mass is 10.1. The van der Waals surface area contributed by atoms with Crippen LogP contribution in [0.2, 0.25) is 0 Å². The van der Waals surface area contributed by atoms with Crippen molar-refractivity contribution in [3.63, 3.8) is 0 Å². The van der Waals surface area contributed by atoms with Gasteiger partial charge in [0.1, 0.15) is 17.4 Å². The van der Waals surface area contributed by atoms with Crippen LogP contribution in [0.4, 0.5) is 17.3 Å². The van der Waals surface area contributed by atoms with Crippen LogP contribution in [0, 0.1) is 6.92 Å². The summed E-state index contributed by atoms with van der Waals surface area (Å²) < 4.78 is 8.90. The molecule has 3 aromatic carbocycles. The van der Waals surface area contributed by atoms with E-state index in [1.807, 2.05) is 23.5 Å². The average Bonchev–Trinajstić information content (AvgIpc) is 3.32. The molecule has 1 aliphatic rings. The SMILES string of the molecule is Cc1cc2sc3ccccc3c2cc1N1c2c(oc3ccccc23)N(C)[C@@H]1C. The van der Waals surface area contributed by atoms with E-state index in [0.717, 1.165) is 11.5 Å². The molecule has 1 atom stereocenters. The van der Waals surface area contributed by atoms with Crippen molar-refractivity contribution in [3.8, 4) is 0 Å². The molecule has 0 spiro atoms. The van der Waals surface area contributed by atoms with Crippen LogP contribution < -0.4 is 9.80 Å². The molecule has 5 aromatic rings. The molecule has 2 aromatic heterocycles. The normalized spacial score (nSPS) is 16.6. The quantitative estimate of drug-likeness (QED) is 0.309.